The van der Waals surface area contributed by atoms with Crippen molar-refractivity contribution in [3.8, 4) is 6.07 Å². The van der Waals surface area contributed by atoms with E-state index in [0.717, 1.165) is 16.5 Å². The number of amides is 1. The zero-order valence-electron chi connectivity index (χ0n) is 11.8. The Hall–Kier alpha value is -2.45. The summed E-state index contributed by atoms with van der Waals surface area (Å²) >= 11 is 3.30. The lowest BCUT2D eigenvalue weighted by molar-refractivity contribution is -0.117. The highest BCUT2D eigenvalue weighted by Gasteiger charge is 2.08. The monoisotopic (exact) mass is 355 g/mol. The first kappa shape index (κ1) is 15.9. The van der Waals surface area contributed by atoms with Gasteiger partial charge in [0.1, 0.15) is 11.6 Å². The Morgan fingerprint density at radius 2 is 2.09 bits per heavy atom. The molecule has 0 saturated carbocycles. The molecule has 0 aliphatic carbocycles. The lowest BCUT2D eigenvalue weighted by Crippen LogP contribution is -2.26. The number of nitriles is 1. The molecule has 0 bridgehead atoms. The SMILES string of the molecule is N#C/C(=C\c1cncc(Br)c1)C(=O)NCCc1ccccc1. The number of nitrogens with zero attached hydrogens (tertiary/aromatic N) is 2. The van der Waals surface area contributed by atoms with Gasteiger partial charge in [0.05, 0.1) is 0 Å². The molecule has 0 aliphatic heterocycles. The fourth-order valence-electron chi connectivity index (χ4n) is 1.88. The lowest BCUT2D eigenvalue weighted by Gasteiger charge is -2.04. The average molecular weight is 356 g/mol. The standard InChI is InChI=1S/C17H14BrN3O/c18-16-9-14(11-20-12-16)8-15(10-19)17(22)21-7-6-13-4-2-1-3-5-13/h1-5,8-9,11-12H,6-7H2,(H,21,22)/b15-8+. The maximum absolute atomic E-state index is 12.0. The number of hydrogen-bond acceptors (Lipinski definition) is 3. The van der Waals surface area contributed by atoms with Gasteiger partial charge in [-0.25, -0.2) is 0 Å². The summed E-state index contributed by atoms with van der Waals surface area (Å²) in [6.45, 7) is 0.485. The van der Waals surface area contributed by atoms with Crippen LogP contribution in [0.1, 0.15) is 11.1 Å². The molecule has 1 heterocycles. The normalized spacial score (nSPS) is 10.8. The van der Waals surface area contributed by atoms with E-state index in [1.54, 1.807) is 18.5 Å². The first-order valence-electron chi connectivity index (χ1n) is 6.73. The summed E-state index contributed by atoms with van der Waals surface area (Å²) < 4.78 is 0.794. The molecule has 2 rings (SSSR count). The molecule has 22 heavy (non-hydrogen) atoms. The second kappa shape index (κ2) is 8.11. The molecule has 2 aromatic rings. The third-order valence-corrected chi connectivity index (χ3v) is 3.38. The van der Waals surface area contributed by atoms with Crippen LogP contribution >= 0.6 is 15.9 Å². The maximum Gasteiger partial charge on any atom is 0.261 e. The second-order valence-electron chi connectivity index (χ2n) is 4.60. The van der Waals surface area contributed by atoms with Crippen molar-refractivity contribution in [2.75, 3.05) is 6.54 Å². The topological polar surface area (TPSA) is 65.8 Å². The second-order valence-corrected chi connectivity index (χ2v) is 5.51. The number of nitrogens with one attached hydrogen (secondary N) is 1. The largest absolute Gasteiger partial charge is 0.351 e. The van der Waals surface area contributed by atoms with E-state index in [1.807, 2.05) is 36.4 Å². The number of rotatable bonds is 5. The highest BCUT2D eigenvalue weighted by molar-refractivity contribution is 9.10. The van der Waals surface area contributed by atoms with Crippen molar-refractivity contribution in [2.45, 2.75) is 6.42 Å². The smallest absolute Gasteiger partial charge is 0.261 e. The zero-order valence-corrected chi connectivity index (χ0v) is 13.4. The summed E-state index contributed by atoms with van der Waals surface area (Å²) in [5.74, 6) is -0.376. The van der Waals surface area contributed by atoms with Crippen molar-refractivity contribution < 1.29 is 4.79 Å². The molecule has 1 aromatic carbocycles. The van der Waals surface area contributed by atoms with Crippen LogP contribution < -0.4 is 5.32 Å². The fraction of sp³-hybridized carbons (Fsp3) is 0.118. The van der Waals surface area contributed by atoms with Gasteiger partial charge in [-0.15, -0.1) is 0 Å². The van der Waals surface area contributed by atoms with E-state index < -0.39 is 0 Å². The number of pyridine rings is 1. The lowest BCUT2D eigenvalue weighted by atomic mass is 10.1. The Labute approximate surface area is 137 Å². The summed E-state index contributed by atoms with van der Waals surface area (Å²) in [5.41, 5.74) is 1.90. The van der Waals surface area contributed by atoms with Crippen LogP contribution in [0, 0.1) is 11.3 Å². The number of halogens is 1. The molecule has 0 saturated heterocycles. The van der Waals surface area contributed by atoms with Gasteiger partial charge in [0.2, 0.25) is 0 Å². The Bertz CT molecular complexity index is 720. The molecule has 1 aromatic heterocycles. The first-order valence-corrected chi connectivity index (χ1v) is 7.53. The Kier molecular flexibility index (Phi) is 5.87. The van der Waals surface area contributed by atoms with Crippen molar-refractivity contribution >= 4 is 27.9 Å². The minimum atomic E-state index is -0.376. The summed E-state index contributed by atoms with van der Waals surface area (Å²) in [6.07, 6.45) is 5.49. The minimum absolute atomic E-state index is 0.0629. The predicted octanol–water partition coefficient (Wildman–Crippen LogP) is 3.11. The van der Waals surface area contributed by atoms with Crippen LogP contribution in [0.4, 0.5) is 0 Å². The van der Waals surface area contributed by atoms with Gasteiger partial charge in [-0.05, 0) is 45.6 Å². The fourth-order valence-corrected chi connectivity index (χ4v) is 2.27. The van der Waals surface area contributed by atoms with Crippen LogP contribution in [0.3, 0.4) is 0 Å². The summed E-state index contributed by atoms with van der Waals surface area (Å²) in [7, 11) is 0. The van der Waals surface area contributed by atoms with Crippen LogP contribution in [-0.4, -0.2) is 17.4 Å². The molecule has 0 spiro atoms. The van der Waals surface area contributed by atoms with Crippen LogP contribution in [0.25, 0.3) is 6.08 Å². The molecule has 1 amide bonds. The van der Waals surface area contributed by atoms with Gasteiger partial charge < -0.3 is 5.32 Å². The molecule has 0 fully saturated rings. The molecule has 1 N–H and O–H groups in total. The molecule has 0 atom stereocenters. The molecule has 5 heteroatoms. The van der Waals surface area contributed by atoms with Gasteiger partial charge in [-0.2, -0.15) is 5.26 Å². The third kappa shape index (κ3) is 4.83. The van der Waals surface area contributed by atoms with E-state index in [0.29, 0.717) is 12.1 Å². The molecule has 0 unspecified atom stereocenters. The van der Waals surface area contributed by atoms with Crippen molar-refractivity contribution in [3.05, 3.63) is 70.0 Å². The van der Waals surface area contributed by atoms with Crippen LogP contribution in [0.15, 0.2) is 58.8 Å². The van der Waals surface area contributed by atoms with Crippen LogP contribution in [-0.2, 0) is 11.2 Å². The molecule has 4 nitrogen and oxygen atoms in total. The van der Waals surface area contributed by atoms with Crippen LogP contribution in [0.5, 0.6) is 0 Å². The number of carbonyl (C=O) groups is 1. The minimum Gasteiger partial charge on any atom is -0.351 e. The Morgan fingerprint density at radius 3 is 2.77 bits per heavy atom. The summed E-state index contributed by atoms with van der Waals surface area (Å²) in [6, 6.07) is 13.6. The quantitative estimate of drug-likeness (QED) is 0.661. The predicted molar refractivity (Wildman–Crippen MR) is 88.7 cm³/mol. The van der Waals surface area contributed by atoms with Crippen molar-refractivity contribution in [1.29, 1.82) is 5.26 Å². The number of benzene rings is 1. The van der Waals surface area contributed by atoms with E-state index in [9.17, 15) is 4.79 Å². The van der Waals surface area contributed by atoms with Crippen molar-refractivity contribution in [1.82, 2.24) is 10.3 Å². The average Bonchev–Trinajstić information content (AvgIpc) is 2.53. The highest BCUT2D eigenvalue weighted by Crippen LogP contribution is 2.12. The maximum atomic E-state index is 12.0. The molecule has 0 aliphatic rings. The van der Waals surface area contributed by atoms with Gasteiger partial charge in [0.25, 0.3) is 5.91 Å². The van der Waals surface area contributed by atoms with Gasteiger partial charge in [-0.3, -0.25) is 9.78 Å². The summed E-state index contributed by atoms with van der Waals surface area (Å²) in [5, 5.41) is 11.9. The number of carbonyl (C=O) groups excluding carboxylic acids is 1. The molecule has 110 valence electrons. The van der Waals surface area contributed by atoms with E-state index in [-0.39, 0.29) is 11.5 Å². The van der Waals surface area contributed by atoms with Crippen molar-refractivity contribution in [2.24, 2.45) is 0 Å². The van der Waals surface area contributed by atoms with E-state index in [2.05, 4.69) is 26.2 Å². The third-order valence-electron chi connectivity index (χ3n) is 2.94. The van der Waals surface area contributed by atoms with Gasteiger partial charge >= 0.3 is 0 Å². The molecular weight excluding hydrogens is 342 g/mol. The molecule has 0 radical (unpaired) electrons. The number of aromatic nitrogens is 1. The van der Waals surface area contributed by atoms with Crippen LogP contribution in [0.2, 0.25) is 0 Å². The number of hydrogen-bond donors (Lipinski definition) is 1. The van der Waals surface area contributed by atoms with Crippen molar-refractivity contribution in [3.63, 3.8) is 0 Å². The molecular formula is C17H14BrN3O. The van der Waals surface area contributed by atoms with Gasteiger partial charge in [-0.1, -0.05) is 30.3 Å². The zero-order chi connectivity index (χ0) is 15.8. The van der Waals surface area contributed by atoms with E-state index >= 15 is 0 Å². The first-order chi connectivity index (χ1) is 10.7. The summed E-state index contributed by atoms with van der Waals surface area (Å²) in [4.78, 5) is 16.0. The van der Waals surface area contributed by atoms with Gasteiger partial charge in [0, 0.05) is 23.4 Å². The Balaban J connectivity index is 1.96. The van der Waals surface area contributed by atoms with Gasteiger partial charge in [0.15, 0.2) is 0 Å². The Morgan fingerprint density at radius 1 is 1.32 bits per heavy atom. The highest BCUT2D eigenvalue weighted by atomic mass is 79.9. The van der Waals surface area contributed by atoms with E-state index in [4.69, 9.17) is 5.26 Å². The van der Waals surface area contributed by atoms with E-state index in [1.165, 1.54) is 6.08 Å².